The Morgan fingerprint density at radius 1 is 0.675 bits per heavy atom. The van der Waals surface area contributed by atoms with E-state index in [0.29, 0.717) is 5.89 Å². The molecule has 4 heteroatoms. The van der Waals surface area contributed by atoms with E-state index in [1.54, 1.807) is 0 Å². The molecule has 3 aromatic heterocycles. The average molecular weight is 516 g/mol. The maximum absolute atomic E-state index is 5.95. The summed E-state index contributed by atoms with van der Waals surface area (Å²) < 4.78 is 5.95. The van der Waals surface area contributed by atoms with Gasteiger partial charge in [0.15, 0.2) is 5.58 Å². The first-order valence-electron chi connectivity index (χ1n) is 13.2. The highest BCUT2D eigenvalue weighted by Gasteiger charge is 2.13. The molecule has 0 atom stereocenters. The van der Waals surface area contributed by atoms with Crippen LogP contribution >= 0.6 is 0 Å². The molecule has 190 valence electrons. The average Bonchev–Trinajstić information content (AvgIpc) is 3.44. The van der Waals surface area contributed by atoms with Crippen LogP contribution in [0, 0.1) is 6.92 Å². The molecule has 0 spiro atoms. The Hall–Kier alpha value is -5.35. The summed E-state index contributed by atoms with van der Waals surface area (Å²) in [6.07, 6.45) is 3.84. The van der Waals surface area contributed by atoms with Gasteiger partial charge in [-0.15, -0.1) is 0 Å². The van der Waals surface area contributed by atoms with Crippen molar-refractivity contribution in [2.75, 3.05) is 0 Å². The smallest absolute Gasteiger partial charge is 0.227 e. The Kier molecular flexibility index (Phi) is 5.79. The van der Waals surface area contributed by atoms with Crippen LogP contribution in [0.4, 0.5) is 0 Å². The minimum atomic E-state index is 0.610. The third kappa shape index (κ3) is 4.16. The number of benzene rings is 4. The Morgan fingerprint density at radius 2 is 1.35 bits per heavy atom. The number of nitrogens with zero attached hydrogens (tertiary/aromatic N) is 3. The maximum atomic E-state index is 5.95. The predicted octanol–water partition coefficient (Wildman–Crippen LogP) is 9.18. The van der Waals surface area contributed by atoms with Crippen LogP contribution in [-0.2, 0) is 0 Å². The van der Waals surface area contributed by atoms with Crippen molar-refractivity contribution in [3.8, 4) is 22.7 Å². The number of para-hydroxylation sites is 2. The molecule has 4 aromatic carbocycles. The Balaban J connectivity index is 1.31. The van der Waals surface area contributed by atoms with E-state index in [0.717, 1.165) is 66.6 Å². The topological polar surface area (TPSA) is 51.8 Å². The molecule has 3 heterocycles. The van der Waals surface area contributed by atoms with E-state index in [1.165, 1.54) is 5.56 Å². The third-order valence-corrected chi connectivity index (χ3v) is 7.24. The number of aryl methyl sites for hydroxylation is 1. The summed E-state index contributed by atoms with van der Waals surface area (Å²) in [4.78, 5) is 14.9. The number of aromatic nitrogens is 3. The molecule has 0 saturated heterocycles. The lowest BCUT2D eigenvalue weighted by atomic mass is 9.96. The molecule has 0 fully saturated rings. The summed E-state index contributed by atoms with van der Waals surface area (Å²) in [5, 5.41) is 2.10. The highest BCUT2D eigenvalue weighted by molar-refractivity contribution is 6.04. The van der Waals surface area contributed by atoms with E-state index in [4.69, 9.17) is 14.4 Å². The summed E-state index contributed by atoms with van der Waals surface area (Å²) in [5.74, 6) is 0.610. The molecular weight excluding hydrogens is 490 g/mol. The van der Waals surface area contributed by atoms with Gasteiger partial charge in [-0.1, -0.05) is 91.5 Å². The molecule has 0 saturated carbocycles. The van der Waals surface area contributed by atoms with Crippen molar-refractivity contribution in [2.24, 2.45) is 0 Å². The molecule has 0 aliphatic heterocycles. The Labute approximate surface area is 232 Å². The van der Waals surface area contributed by atoms with Gasteiger partial charge in [-0.25, -0.2) is 15.0 Å². The van der Waals surface area contributed by atoms with Crippen molar-refractivity contribution < 1.29 is 4.42 Å². The second kappa shape index (κ2) is 9.75. The van der Waals surface area contributed by atoms with Gasteiger partial charge in [0.25, 0.3) is 0 Å². The standard InChI is InChI=1S/C36H25N3O/c1-3-8-29(28-10-5-4-9-23(28)2)31-22-20-26-16-15-25-19-21-30(37-34(25)35(26)38-31)24-13-17-27(18-14-24)36-39-32-11-6-7-12-33(32)40-36/h3-22H,1H2,2H3/b29-8+. The van der Waals surface area contributed by atoms with Crippen LogP contribution < -0.4 is 0 Å². The van der Waals surface area contributed by atoms with Gasteiger partial charge >= 0.3 is 0 Å². The maximum Gasteiger partial charge on any atom is 0.227 e. The minimum absolute atomic E-state index is 0.610. The molecule has 0 aliphatic carbocycles. The first-order chi connectivity index (χ1) is 19.7. The quantitative estimate of drug-likeness (QED) is 0.169. The lowest BCUT2D eigenvalue weighted by Gasteiger charge is -2.12. The van der Waals surface area contributed by atoms with Gasteiger partial charge in [0, 0.05) is 27.5 Å². The molecule has 0 aliphatic rings. The molecule has 0 unspecified atom stereocenters. The van der Waals surface area contributed by atoms with E-state index in [9.17, 15) is 0 Å². The van der Waals surface area contributed by atoms with Gasteiger partial charge in [-0.2, -0.15) is 0 Å². The molecule has 7 rings (SSSR count). The number of hydrogen-bond donors (Lipinski definition) is 0. The summed E-state index contributed by atoms with van der Waals surface area (Å²) in [6.45, 7) is 6.07. The van der Waals surface area contributed by atoms with Gasteiger partial charge in [-0.3, -0.25) is 0 Å². The Bertz CT molecular complexity index is 2050. The molecular formula is C36H25N3O. The van der Waals surface area contributed by atoms with Gasteiger partial charge in [0.2, 0.25) is 5.89 Å². The van der Waals surface area contributed by atoms with Crippen molar-refractivity contribution in [1.29, 1.82) is 0 Å². The number of rotatable bonds is 5. The first kappa shape index (κ1) is 23.7. The number of fused-ring (bicyclic) bond motifs is 4. The van der Waals surface area contributed by atoms with E-state index in [-0.39, 0.29) is 0 Å². The molecule has 0 N–H and O–H groups in total. The summed E-state index contributed by atoms with van der Waals surface area (Å²) >= 11 is 0. The lowest BCUT2D eigenvalue weighted by molar-refractivity contribution is 0.620. The SMILES string of the molecule is C=C/C=C(/c1ccc2ccc3ccc(-c4ccc(-c5nc6ccccc6o5)cc4)nc3c2n1)c1ccccc1C. The molecule has 0 amide bonds. The summed E-state index contributed by atoms with van der Waals surface area (Å²) in [7, 11) is 0. The highest BCUT2D eigenvalue weighted by Crippen LogP contribution is 2.31. The number of allylic oxidation sites excluding steroid dienone is 2. The van der Waals surface area contributed by atoms with Crippen molar-refractivity contribution in [1.82, 2.24) is 15.0 Å². The molecule has 7 aromatic rings. The zero-order valence-corrected chi connectivity index (χ0v) is 22.0. The predicted molar refractivity (Wildman–Crippen MR) is 164 cm³/mol. The van der Waals surface area contributed by atoms with E-state index in [1.807, 2.05) is 48.6 Å². The van der Waals surface area contributed by atoms with Gasteiger partial charge < -0.3 is 4.42 Å². The zero-order chi connectivity index (χ0) is 27.1. The first-order valence-corrected chi connectivity index (χ1v) is 13.2. The second-order valence-electron chi connectivity index (χ2n) is 9.80. The fraction of sp³-hybridized carbons (Fsp3) is 0.0278. The lowest BCUT2D eigenvalue weighted by Crippen LogP contribution is -1.96. The third-order valence-electron chi connectivity index (χ3n) is 7.24. The number of pyridine rings is 2. The van der Waals surface area contributed by atoms with Crippen LogP contribution in [0.2, 0.25) is 0 Å². The van der Waals surface area contributed by atoms with Crippen molar-refractivity contribution in [3.63, 3.8) is 0 Å². The van der Waals surface area contributed by atoms with Crippen molar-refractivity contribution in [2.45, 2.75) is 6.92 Å². The van der Waals surface area contributed by atoms with Crippen molar-refractivity contribution in [3.05, 3.63) is 145 Å². The molecule has 0 radical (unpaired) electrons. The van der Waals surface area contributed by atoms with Crippen LogP contribution in [0.25, 0.3) is 61.2 Å². The van der Waals surface area contributed by atoms with Crippen LogP contribution in [0.3, 0.4) is 0 Å². The normalized spacial score (nSPS) is 11.9. The second-order valence-corrected chi connectivity index (χ2v) is 9.80. The fourth-order valence-corrected chi connectivity index (χ4v) is 5.16. The van der Waals surface area contributed by atoms with Gasteiger partial charge in [0.1, 0.15) is 5.52 Å². The fourth-order valence-electron chi connectivity index (χ4n) is 5.16. The number of oxazole rings is 1. The Morgan fingerprint density at radius 3 is 2.12 bits per heavy atom. The summed E-state index contributed by atoms with van der Waals surface area (Å²) in [6, 6.07) is 36.9. The highest BCUT2D eigenvalue weighted by atomic mass is 16.3. The van der Waals surface area contributed by atoms with E-state index in [2.05, 4.69) is 91.3 Å². The van der Waals surface area contributed by atoms with E-state index >= 15 is 0 Å². The van der Waals surface area contributed by atoms with Crippen LogP contribution in [0.1, 0.15) is 16.8 Å². The van der Waals surface area contributed by atoms with E-state index < -0.39 is 0 Å². The van der Waals surface area contributed by atoms with Crippen LogP contribution in [-0.4, -0.2) is 15.0 Å². The van der Waals surface area contributed by atoms with Crippen molar-refractivity contribution >= 4 is 38.5 Å². The van der Waals surface area contributed by atoms with Gasteiger partial charge in [-0.05, 0) is 54.4 Å². The van der Waals surface area contributed by atoms with Crippen LogP contribution in [0.15, 0.2) is 132 Å². The molecule has 40 heavy (non-hydrogen) atoms. The summed E-state index contributed by atoms with van der Waals surface area (Å²) in [5.41, 5.74) is 10.5. The molecule has 0 bridgehead atoms. The monoisotopic (exact) mass is 515 g/mol. The zero-order valence-electron chi connectivity index (χ0n) is 22.0. The minimum Gasteiger partial charge on any atom is -0.436 e. The van der Waals surface area contributed by atoms with Gasteiger partial charge in [0.05, 0.1) is 22.4 Å². The van der Waals surface area contributed by atoms with Crippen LogP contribution in [0.5, 0.6) is 0 Å². The largest absolute Gasteiger partial charge is 0.436 e. The number of hydrogen-bond acceptors (Lipinski definition) is 4. The molecule has 4 nitrogen and oxygen atoms in total.